The van der Waals surface area contributed by atoms with Crippen LogP contribution in [0.4, 0.5) is 0 Å². The van der Waals surface area contributed by atoms with Gasteiger partial charge in [-0.1, -0.05) is 67.4 Å². The largest absolute Gasteiger partial charge is 0.314 e. The molecule has 1 heterocycles. The summed E-state index contributed by atoms with van der Waals surface area (Å²) < 4.78 is 1.90. The molecule has 0 unspecified atom stereocenters. The highest BCUT2D eigenvalue weighted by Gasteiger charge is 2.15. The smallest absolute Gasteiger partial charge is 0.171 e. The van der Waals surface area contributed by atoms with E-state index in [-0.39, 0.29) is 0 Å². The SMILES string of the molecule is CCCCc1nc(C=O)c(Cl)n1Cc1ccc(-c2ccccc2C#N)cc1. The number of aromatic nitrogens is 2. The lowest BCUT2D eigenvalue weighted by Gasteiger charge is -2.10. The number of carbonyl (C=O) groups is 1. The van der Waals surface area contributed by atoms with Crippen LogP contribution in [0.3, 0.4) is 0 Å². The highest BCUT2D eigenvalue weighted by molar-refractivity contribution is 6.31. The van der Waals surface area contributed by atoms with Gasteiger partial charge in [0, 0.05) is 6.42 Å². The highest BCUT2D eigenvalue weighted by Crippen LogP contribution is 2.25. The quantitative estimate of drug-likeness (QED) is 0.526. The van der Waals surface area contributed by atoms with Crippen LogP contribution >= 0.6 is 11.6 Å². The van der Waals surface area contributed by atoms with Crippen molar-refractivity contribution in [1.82, 2.24) is 9.55 Å². The average molecular weight is 378 g/mol. The number of imidazole rings is 1. The van der Waals surface area contributed by atoms with E-state index >= 15 is 0 Å². The third-order valence-corrected chi connectivity index (χ3v) is 4.93. The molecule has 0 amide bonds. The first-order valence-corrected chi connectivity index (χ1v) is 9.34. The lowest BCUT2D eigenvalue weighted by atomic mass is 9.99. The molecule has 1 aromatic heterocycles. The maximum atomic E-state index is 11.2. The number of halogens is 1. The second-order valence-corrected chi connectivity index (χ2v) is 6.72. The van der Waals surface area contributed by atoms with E-state index in [4.69, 9.17) is 11.6 Å². The van der Waals surface area contributed by atoms with Gasteiger partial charge in [0.15, 0.2) is 6.29 Å². The van der Waals surface area contributed by atoms with Crippen LogP contribution in [0.15, 0.2) is 48.5 Å². The van der Waals surface area contributed by atoms with Gasteiger partial charge in [-0.15, -0.1) is 0 Å². The first-order valence-electron chi connectivity index (χ1n) is 8.96. The molecule has 136 valence electrons. The molecule has 5 heteroatoms. The minimum atomic E-state index is 0.294. The second-order valence-electron chi connectivity index (χ2n) is 6.37. The van der Waals surface area contributed by atoms with Crippen molar-refractivity contribution in [2.45, 2.75) is 32.7 Å². The monoisotopic (exact) mass is 377 g/mol. The Morgan fingerprint density at radius 1 is 1.19 bits per heavy atom. The van der Waals surface area contributed by atoms with Gasteiger partial charge >= 0.3 is 0 Å². The van der Waals surface area contributed by atoms with Crippen molar-refractivity contribution in [3.8, 4) is 17.2 Å². The van der Waals surface area contributed by atoms with E-state index < -0.39 is 0 Å². The van der Waals surface area contributed by atoms with Crippen molar-refractivity contribution in [1.29, 1.82) is 5.26 Å². The zero-order chi connectivity index (χ0) is 19.2. The Morgan fingerprint density at radius 3 is 2.59 bits per heavy atom. The molecular weight excluding hydrogens is 358 g/mol. The third-order valence-electron chi connectivity index (χ3n) is 4.53. The molecule has 3 aromatic rings. The summed E-state index contributed by atoms with van der Waals surface area (Å²) in [5.74, 6) is 0.836. The molecule has 0 fully saturated rings. The minimum absolute atomic E-state index is 0.294. The molecule has 0 bridgehead atoms. The van der Waals surface area contributed by atoms with Gasteiger partial charge in [0.25, 0.3) is 0 Å². The Kier molecular flexibility index (Phi) is 6.05. The standard InChI is InChI=1S/C22H20ClN3O/c1-2-3-8-21-25-20(15-27)22(23)26(21)14-16-9-11-17(12-10-16)19-7-5-4-6-18(19)13-24/h4-7,9-12,15H,2-3,8,14H2,1H3. The van der Waals surface area contributed by atoms with Gasteiger partial charge in [-0.25, -0.2) is 4.98 Å². The summed E-state index contributed by atoms with van der Waals surface area (Å²) in [7, 11) is 0. The Bertz CT molecular complexity index is 984. The number of rotatable bonds is 7. The topological polar surface area (TPSA) is 58.7 Å². The zero-order valence-corrected chi connectivity index (χ0v) is 15.9. The van der Waals surface area contributed by atoms with Crippen LogP contribution in [-0.4, -0.2) is 15.8 Å². The summed E-state index contributed by atoms with van der Waals surface area (Å²) in [6.07, 6.45) is 3.54. The fourth-order valence-corrected chi connectivity index (χ4v) is 3.31. The van der Waals surface area contributed by atoms with E-state index in [0.29, 0.717) is 29.2 Å². The molecule has 0 spiro atoms. The number of benzene rings is 2. The van der Waals surface area contributed by atoms with E-state index in [2.05, 4.69) is 18.0 Å². The number of aryl methyl sites for hydroxylation is 1. The van der Waals surface area contributed by atoms with Crippen LogP contribution < -0.4 is 0 Å². The van der Waals surface area contributed by atoms with Gasteiger partial charge in [-0.05, 0) is 29.2 Å². The van der Waals surface area contributed by atoms with Crippen molar-refractivity contribution >= 4 is 17.9 Å². The summed E-state index contributed by atoms with van der Waals surface area (Å²) in [4.78, 5) is 15.6. The van der Waals surface area contributed by atoms with Crippen LogP contribution in [-0.2, 0) is 13.0 Å². The number of nitriles is 1. The molecule has 27 heavy (non-hydrogen) atoms. The molecule has 0 aliphatic rings. The van der Waals surface area contributed by atoms with Crippen molar-refractivity contribution in [2.24, 2.45) is 0 Å². The van der Waals surface area contributed by atoms with Gasteiger partial charge in [-0.3, -0.25) is 4.79 Å². The molecule has 4 nitrogen and oxygen atoms in total. The van der Waals surface area contributed by atoms with Crippen LogP contribution in [0.2, 0.25) is 5.15 Å². The molecule has 0 radical (unpaired) electrons. The Morgan fingerprint density at radius 2 is 1.93 bits per heavy atom. The van der Waals surface area contributed by atoms with Crippen LogP contribution in [0.25, 0.3) is 11.1 Å². The van der Waals surface area contributed by atoms with Gasteiger partial charge in [0.05, 0.1) is 18.2 Å². The maximum absolute atomic E-state index is 11.2. The van der Waals surface area contributed by atoms with Crippen molar-refractivity contribution in [2.75, 3.05) is 0 Å². The summed E-state index contributed by atoms with van der Waals surface area (Å²) in [5.41, 5.74) is 3.91. The summed E-state index contributed by atoms with van der Waals surface area (Å²) in [6.45, 7) is 2.67. The number of hydrogen-bond acceptors (Lipinski definition) is 3. The molecule has 0 aliphatic carbocycles. The maximum Gasteiger partial charge on any atom is 0.171 e. The molecule has 0 atom stereocenters. The Balaban J connectivity index is 1.88. The minimum Gasteiger partial charge on any atom is -0.314 e. The predicted molar refractivity (Wildman–Crippen MR) is 107 cm³/mol. The molecule has 0 N–H and O–H groups in total. The summed E-state index contributed by atoms with van der Waals surface area (Å²) >= 11 is 6.36. The van der Waals surface area contributed by atoms with Crippen molar-refractivity contribution in [3.63, 3.8) is 0 Å². The normalized spacial score (nSPS) is 10.6. The van der Waals surface area contributed by atoms with E-state index in [1.807, 2.05) is 53.1 Å². The number of aldehydes is 1. The Labute approximate surface area is 164 Å². The van der Waals surface area contributed by atoms with E-state index in [9.17, 15) is 10.1 Å². The lowest BCUT2D eigenvalue weighted by Crippen LogP contribution is -2.05. The average Bonchev–Trinajstić information content (AvgIpc) is 3.01. The third kappa shape index (κ3) is 4.10. The van der Waals surface area contributed by atoms with Crippen molar-refractivity contribution < 1.29 is 4.79 Å². The van der Waals surface area contributed by atoms with Crippen molar-refractivity contribution in [3.05, 3.63) is 76.3 Å². The van der Waals surface area contributed by atoms with E-state index in [1.165, 1.54) is 0 Å². The van der Waals surface area contributed by atoms with Gasteiger partial charge < -0.3 is 4.57 Å². The highest BCUT2D eigenvalue weighted by atomic mass is 35.5. The zero-order valence-electron chi connectivity index (χ0n) is 15.2. The molecule has 3 rings (SSSR count). The molecule has 0 aliphatic heterocycles. The van der Waals surface area contributed by atoms with E-state index in [1.54, 1.807) is 0 Å². The van der Waals surface area contributed by atoms with Crippen LogP contribution in [0, 0.1) is 11.3 Å². The number of hydrogen-bond donors (Lipinski definition) is 0. The van der Waals surface area contributed by atoms with E-state index in [0.717, 1.165) is 41.8 Å². The Hall–Kier alpha value is -2.90. The number of carbonyl (C=O) groups excluding carboxylic acids is 1. The molecular formula is C22H20ClN3O. The van der Waals surface area contributed by atoms with Gasteiger partial charge in [0.2, 0.25) is 0 Å². The number of unbranched alkanes of at least 4 members (excludes halogenated alkanes) is 1. The van der Waals surface area contributed by atoms with Gasteiger partial charge in [-0.2, -0.15) is 5.26 Å². The fraction of sp³-hybridized carbons (Fsp3) is 0.227. The molecule has 0 saturated carbocycles. The molecule has 2 aromatic carbocycles. The first kappa shape index (κ1) is 18.9. The summed E-state index contributed by atoms with van der Waals surface area (Å²) in [5, 5.41) is 9.67. The second kappa shape index (κ2) is 8.66. The summed E-state index contributed by atoms with van der Waals surface area (Å²) in [6, 6.07) is 17.8. The van der Waals surface area contributed by atoms with Crippen LogP contribution in [0.1, 0.15) is 47.2 Å². The van der Waals surface area contributed by atoms with Crippen LogP contribution in [0.5, 0.6) is 0 Å². The van der Waals surface area contributed by atoms with Gasteiger partial charge in [0.1, 0.15) is 16.7 Å². The molecule has 0 saturated heterocycles. The first-order chi connectivity index (χ1) is 13.2. The fourth-order valence-electron chi connectivity index (χ4n) is 3.06. The predicted octanol–water partition coefficient (Wildman–Crippen LogP) is 5.28. The number of nitrogens with zero attached hydrogens (tertiary/aromatic N) is 3. The lowest BCUT2D eigenvalue weighted by molar-refractivity contribution is 0.111.